The predicted octanol–water partition coefficient (Wildman–Crippen LogP) is 9.97. The van der Waals surface area contributed by atoms with Gasteiger partial charge >= 0.3 is 0 Å². The maximum atomic E-state index is 11.5. The van der Waals surface area contributed by atoms with Gasteiger partial charge in [0.1, 0.15) is 11.5 Å². The Morgan fingerprint density at radius 2 is 1.05 bits per heavy atom. The Kier molecular flexibility index (Phi) is 13.4. The molecule has 2 aliphatic rings. The zero-order valence-electron chi connectivity index (χ0n) is 24.3. The Labute approximate surface area is 238 Å². The van der Waals surface area contributed by atoms with Crippen molar-refractivity contribution in [2.24, 2.45) is 11.8 Å². The summed E-state index contributed by atoms with van der Waals surface area (Å²) in [5.41, 5.74) is 2.48. The Hall–Kier alpha value is -2.13. The quantitative estimate of drug-likeness (QED) is 0.190. The summed E-state index contributed by atoms with van der Waals surface area (Å²) in [4.78, 5) is 11.5. The lowest BCUT2D eigenvalue weighted by Crippen LogP contribution is -2.28. The van der Waals surface area contributed by atoms with Crippen LogP contribution in [0.1, 0.15) is 116 Å². The van der Waals surface area contributed by atoms with Crippen LogP contribution >= 0.6 is 0 Å². The minimum absolute atomic E-state index is 0.488. The largest absolute Gasteiger partial charge is 0.494 e. The molecule has 0 atom stereocenters. The number of benzene rings is 2. The highest BCUT2D eigenvalue weighted by molar-refractivity contribution is 5.79. The van der Waals surface area contributed by atoms with Crippen molar-refractivity contribution in [3.63, 3.8) is 0 Å². The lowest BCUT2D eigenvalue weighted by molar-refractivity contribution is -0.121. The number of ether oxygens (including phenoxy) is 2. The van der Waals surface area contributed by atoms with Gasteiger partial charge in [0, 0.05) is 19.4 Å². The summed E-state index contributed by atoms with van der Waals surface area (Å²) in [7, 11) is 0. The molecule has 2 fully saturated rings. The second-order valence-electron chi connectivity index (χ2n) is 12.1. The van der Waals surface area contributed by atoms with Gasteiger partial charge in [-0.15, -0.1) is 0 Å². The van der Waals surface area contributed by atoms with Gasteiger partial charge in [-0.1, -0.05) is 93.8 Å². The monoisotopic (exact) mass is 532 g/mol. The molecular weight excluding hydrogens is 480 g/mol. The smallest absolute Gasteiger partial charge is 0.132 e. The van der Waals surface area contributed by atoms with Gasteiger partial charge in [0.25, 0.3) is 0 Å². The van der Waals surface area contributed by atoms with Gasteiger partial charge in [0.2, 0.25) is 0 Å². The fourth-order valence-electron chi connectivity index (χ4n) is 6.59. The number of rotatable bonds is 17. The van der Waals surface area contributed by atoms with E-state index >= 15 is 0 Å². The highest BCUT2D eigenvalue weighted by Crippen LogP contribution is 2.38. The van der Waals surface area contributed by atoms with Gasteiger partial charge < -0.3 is 9.47 Å². The fraction of sp³-hybridized carbons (Fsp3) is 0.639. The second kappa shape index (κ2) is 17.5. The van der Waals surface area contributed by atoms with Crippen molar-refractivity contribution < 1.29 is 14.3 Å². The van der Waals surface area contributed by atoms with Crippen molar-refractivity contribution >= 4 is 5.78 Å². The summed E-state index contributed by atoms with van der Waals surface area (Å²) in [5.74, 6) is 3.13. The topological polar surface area (TPSA) is 35.5 Å². The van der Waals surface area contributed by atoms with E-state index in [1.807, 2.05) is 0 Å². The number of carbonyl (C=O) groups is 1. The molecule has 0 bridgehead atoms. The average molecular weight is 533 g/mol. The molecule has 2 aromatic carbocycles. The Morgan fingerprint density at radius 1 is 0.538 bits per heavy atom. The zero-order valence-corrected chi connectivity index (χ0v) is 24.3. The number of hydrogen-bond acceptors (Lipinski definition) is 3. The molecule has 0 N–H and O–H groups in total. The summed E-state index contributed by atoms with van der Waals surface area (Å²) in [6.45, 7) is 1.77. The van der Waals surface area contributed by atoms with Crippen LogP contribution in [0.4, 0.5) is 0 Å². The van der Waals surface area contributed by atoms with Gasteiger partial charge in [0.15, 0.2) is 0 Å². The van der Waals surface area contributed by atoms with Crippen molar-refractivity contribution in [1.29, 1.82) is 0 Å². The number of unbranched alkanes of at least 4 members (excludes halogenated alkanes) is 9. The first-order chi connectivity index (χ1) is 19.3. The molecule has 2 aromatic rings. The molecule has 3 heteroatoms. The number of ketones is 1. The van der Waals surface area contributed by atoms with Crippen LogP contribution < -0.4 is 4.74 Å². The molecule has 4 rings (SSSR count). The van der Waals surface area contributed by atoms with E-state index in [1.54, 1.807) is 0 Å². The standard InChI is InChI=1S/C36H52O3/c37-34-22-16-31(17-23-34)33-20-26-36(27-21-33)39-29-13-8-6-4-2-1-3-5-7-12-28-38-35-24-18-32(19-25-35)30-14-10-9-11-15-30/h9-11,14-15,18-19,24-25,31,33,36H,1-8,12-13,16-17,20-23,26-29H2. The average Bonchev–Trinajstić information content (AvgIpc) is 2.99. The van der Waals surface area contributed by atoms with Crippen LogP contribution in [-0.2, 0) is 9.53 Å². The molecule has 39 heavy (non-hydrogen) atoms. The first kappa shape index (κ1) is 29.8. The highest BCUT2D eigenvalue weighted by Gasteiger charge is 2.30. The van der Waals surface area contributed by atoms with E-state index in [1.165, 1.54) is 94.6 Å². The lowest BCUT2D eigenvalue weighted by Gasteiger charge is -2.35. The van der Waals surface area contributed by atoms with Gasteiger partial charge in [-0.25, -0.2) is 0 Å². The van der Waals surface area contributed by atoms with Crippen LogP contribution in [0.2, 0.25) is 0 Å². The molecule has 0 radical (unpaired) electrons. The van der Waals surface area contributed by atoms with Crippen molar-refractivity contribution in [2.45, 2.75) is 122 Å². The third-order valence-corrected chi connectivity index (χ3v) is 9.10. The van der Waals surface area contributed by atoms with E-state index < -0.39 is 0 Å². The first-order valence-electron chi connectivity index (χ1n) is 16.2. The van der Waals surface area contributed by atoms with E-state index in [4.69, 9.17) is 9.47 Å². The highest BCUT2D eigenvalue weighted by atomic mass is 16.5. The maximum Gasteiger partial charge on any atom is 0.132 e. The Bertz CT molecular complexity index is 904. The number of hydrogen-bond donors (Lipinski definition) is 0. The van der Waals surface area contributed by atoms with Crippen molar-refractivity contribution in [3.05, 3.63) is 54.6 Å². The minimum Gasteiger partial charge on any atom is -0.494 e. The van der Waals surface area contributed by atoms with Gasteiger partial charge in [-0.2, -0.15) is 0 Å². The lowest BCUT2D eigenvalue weighted by atomic mass is 9.72. The van der Waals surface area contributed by atoms with Crippen LogP contribution in [0.3, 0.4) is 0 Å². The van der Waals surface area contributed by atoms with E-state index in [0.29, 0.717) is 11.9 Å². The molecule has 0 aliphatic heterocycles. The molecule has 0 spiro atoms. The second-order valence-corrected chi connectivity index (χ2v) is 12.1. The van der Waals surface area contributed by atoms with Gasteiger partial charge in [0.05, 0.1) is 12.7 Å². The summed E-state index contributed by atoms with van der Waals surface area (Å²) < 4.78 is 12.2. The van der Waals surface area contributed by atoms with Crippen molar-refractivity contribution in [1.82, 2.24) is 0 Å². The fourth-order valence-corrected chi connectivity index (χ4v) is 6.59. The molecule has 214 valence electrons. The van der Waals surface area contributed by atoms with Crippen LogP contribution in [-0.4, -0.2) is 25.1 Å². The van der Waals surface area contributed by atoms with Crippen molar-refractivity contribution in [3.8, 4) is 16.9 Å². The predicted molar refractivity (Wildman–Crippen MR) is 162 cm³/mol. The molecule has 0 amide bonds. The molecular formula is C36H52O3. The molecule has 0 aromatic heterocycles. The van der Waals surface area contributed by atoms with E-state index in [9.17, 15) is 4.79 Å². The van der Waals surface area contributed by atoms with Crippen LogP contribution in [0.15, 0.2) is 54.6 Å². The van der Waals surface area contributed by atoms with Gasteiger partial charge in [-0.3, -0.25) is 4.79 Å². The molecule has 0 saturated heterocycles. The van der Waals surface area contributed by atoms with Crippen molar-refractivity contribution in [2.75, 3.05) is 13.2 Å². The Balaban J connectivity index is 0.893. The summed E-state index contributed by atoms with van der Waals surface area (Å²) in [6.07, 6.45) is 22.7. The third kappa shape index (κ3) is 11.1. The maximum absolute atomic E-state index is 11.5. The van der Waals surface area contributed by atoms with E-state index in [2.05, 4.69) is 54.6 Å². The van der Waals surface area contributed by atoms with Gasteiger partial charge in [-0.05, 0) is 86.5 Å². The summed E-state index contributed by atoms with van der Waals surface area (Å²) >= 11 is 0. The first-order valence-corrected chi connectivity index (χ1v) is 16.2. The van der Waals surface area contributed by atoms with Crippen LogP contribution in [0.5, 0.6) is 5.75 Å². The molecule has 0 heterocycles. The molecule has 2 saturated carbocycles. The van der Waals surface area contributed by atoms with Crippen LogP contribution in [0, 0.1) is 11.8 Å². The molecule has 3 nitrogen and oxygen atoms in total. The number of Topliss-reactive ketones (excluding diaryl/α,β-unsaturated/α-hetero) is 1. The minimum atomic E-state index is 0.488. The van der Waals surface area contributed by atoms with Crippen LogP contribution in [0.25, 0.3) is 11.1 Å². The Morgan fingerprint density at radius 3 is 1.67 bits per heavy atom. The molecule has 2 aliphatic carbocycles. The summed E-state index contributed by atoms with van der Waals surface area (Å²) in [5, 5.41) is 0. The SMILES string of the molecule is O=C1CCC(C2CCC(OCCCCCCCCCCCCOc3ccc(-c4ccccc4)cc3)CC2)CC1. The summed E-state index contributed by atoms with van der Waals surface area (Å²) in [6, 6.07) is 19.0. The van der Waals surface area contributed by atoms with E-state index in [0.717, 1.165) is 62.9 Å². The van der Waals surface area contributed by atoms with E-state index in [-0.39, 0.29) is 0 Å². The number of carbonyl (C=O) groups excluding carboxylic acids is 1. The normalized spacial score (nSPS) is 20.3. The molecule has 0 unspecified atom stereocenters. The third-order valence-electron chi connectivity index (χ3n) is 9.10. The zero-order chi connectivity index (χ0) is 27.0.